The molecule has 0 saturated heterocycles. The van der Waals surface area contributed by atoms with E-state index in [1.807, 2.05) is 0 Å². The third kappa shape index (κ3) is 4.31. The van der Waals surface area contributed by atoms with Gasteiger partial charge in [0.05, 0.1) is 11.7 Å². The number of nitrogens with one attached hydrogen (secondary N) is 2. The highest BCUT2D eigenvalue weighted by molar-refractivity contribution is 5.98. The van der Waals surface area contributed by atoms with Crippen LogP contribution in [0.2, 0.25) is 0 Å². The van der Waals surface area contributed by atoms with E-state index in [-0.39, 0.29) is 30.1 Å². The summed E-state index contributed by atoms with van der Waals surface area (Å²) in [6.45, 7) is 0.155. The molecule has 2 amide bonds. The Kier molecular flexibility index (Phi) is 5.76. The average Bonchev–Trinajstić information content (AvgIpc) is 3.39. The van der Waals surface area contributed by atoms with Gasteiger partial charge >= 0.3 is 5.76 Å². The van der Waals surface area contributed by atoms with Crippen LogP contribution in [0.1, 0.15) is 32.1 Å². The Balaban J connectivity index is 1.37. The first-order valence-corrected chi connectivity index (χ1v) is 10.7. The number of benzene rings is 2. The number of amides is 2. The van der Waals surface area contributed by atoms with Crippen molar-refractivity contribution in [2.24, 2.45) is 7.05 Å². The molecule has 36 heavy (non-hydrogen) atoms. The van der Waals surface area contributed by atoms with Gasteiger partial charge in [0.1, 0.15) is 17.2 Å². The van der Waals surface area contributed by atoms with Crippen LogP contribution in [-0.4, -0.2) is 31.0 Å². The second-order valence-corrected chi connectivity index (χ2v) is 7.98. The van der Waals surface area contributed by atoms with Crippen LogP contribution in [0.4, 0.5) is 8.78 Å². The van der Waals surface area contributed by atoms with Gasteiger partial charge in [-0.25, -0.2) is 23.1 Å². The molecular weight excluding hydrogens is 474 g/mol. The standard InChI is InChI=1S/C24H18F2N6O4/c1-31-18-8-14(4-7-20(18)36-24(31)35)11-27-22(33)17-9-19(32-21(30-17)16(26)12-29-32)23(34)28-10-13-2-5-15(25)6-3-13/h2-9,12H,10-11H2,1H3,(H,27,33)(H,28,34). The zero-order chi connectivity index (χ0) is 25.4. The van der Waals surface area contributed by atoms with E-state index >= 15 is 0 Å². The number of hydrogen-bond donors (Lipinski definition) is 2. The fourth-order valence-corrected chi connectivity index (χ4v) is 3.64. The first-order chi connectivity index (χ1) is 17.3. The van der Waals surface area contributed by atoms with Crippen LogP contribution >= 0.6 is 0 Å². The lowest BCUT2D eigenvalue weighted by atomic mass is 10.2. The molecule has 0 fully saturated rings. The van der Waals surface area contributed by atoms with Crippen molar-refractivity contribution in [1.29, 1.82) is 0 Å². The highest BCUT2D eigenvalue weighted by Gasteiger charge is 2.20. The van der Waals surface area contributed by atoms with Crippen LogP contribution in [0, 0.1) is 11.6 Å². The smallest absolute Gasteiger partial charge is 0.408 e. The monoisotopic (exact) mass is 492 g/mol. The highest BCUT2D eigenvalue weighted by atomic mass is 19.1. The summed E-state index contributed by atoms with van der Waals surface area (Å²) in [6.07, 6.45) is 0.894. The van der Waals surface area contributed by atoms with Crippen LogP contribution < -0.4 is 16.4 Å². The molecule has 2 aromatic carbocycles. The lowest BCUT2D eigenvalue weighted by molar-refractivity contribution is 0.0942. The molecule has 0 bridgehead atoms. The van der Waals surface area contributed by atoms with Gasteiger partial charge < -0.3 is 15.1 Å². The van der Waals surface area contributed by atoms with E-state index in [1.54, 1.807) is 25.2 Å². The molecule has 0 aliphatic carbocycles. The predicted octanol–water partition coefficient (Wildman–Crippen LogP) is 2.31. The fourth-order valence-electron chi connectivity index (χ4n) is 3.64. The second-order valence-electron chi connectivity index (χ2n) is 7.98. The molecule has 0 radical (unpaired) electrons. The molecule has 182 valence electrons. The average molecular weight is 492 g/mol. The number of carbonyl (C=O) groups excluding carboxylic acids is 2. The largest absolute Gasteiger partial charge is 0.419 e. The third-order valence-corrected chi connectivity index (χ3v) is 5.57. The Hall–Kier alpha value is -4.87. The summed E-state index contributed by atoms with van der Waals surface area (Å²) < 4.78 is 34.8. The maximum Gasteiger partial charge on any atom is 0.419 e. The van der Waals surface area contributed by atoms with Gasteiger partial charge in [-0.15, -0.1) is 0 Å². The molecule has 5 rings (SSSR count). The Labute approximate surface area is 201 Å². The van der Waals surface area contributed by atoms with E-state index in [0.29, 0.717) is 22.2 Å². The first kappa shape index (κ1) is 22.9. The predicted molar refractivity (Wildman–Crippen MR) is 123 cm³/mol. The molecule has 0 spiro atoms. The zero-order valence-corrected chi connectivity index (χ0v) is 18.8. The van der Waals surface area contributed by atoms with Gasteiger partial charge in [0.2, 0.25) is 0 Å². The molecule has 0 atom stereocenters. The molecular formula is C24H18F2N6O4. The Morgan fingerprint density at radius 2 is 1.67 bits per heavy atom. The van der Waals surface area contributed by atoms with Gasteiger partial charge in [-0.2, -0.15) is 5.10 Å². The summed E-state index contributed by atoms with van der Waals surface area (Å²) in [5.41, 5.74) is 1.72. The summed E-state index contributed by atoms with van der Waals surface area (Å²) in [5.74, 6) is -2.99. The minimum Gasteiger partial charge on any atom is -0.408 e. The molecule has 5 aromatic rings. The van der Waals surface area contributed by atoms with Crippen LogP contribution in [0.15, 0.2) is 63.9 Å². The van der Waals surface area contributed by atoms with Crippen LogP contribution in [0.3, 0.4) is 0 Å². The van der Waals surface area contributed by atoms with Crippen molar-refractivity contribution in [3.05, 3.63) is 99.4 Å². The molecule has 0 aliphatic heterocycles. The lowest BCUT2D eigenvalue weighted by Crippen LogP contribution is -2.28. The number of fused-ring (bicyclic) bond motifs is 2. The van der Waals surface area contributed by atoms with Crippen LogP contribution in [0.25, 0.3) is 16.7 Å². The van der Waals surface area contributed by atoms with Gasteiger partial charge in [-0.1, -0.05) is 18.2 Å². The van der Waals surface area contributed by atoms with E-state index in [1.165, 1.54) is 34.9 Å². The van der Waals surface area contributed by atoms with E-state index in [2.05, 4.69) is 20.7 Å². The van der Waals surface area contributed by atoms with Crippen molar-refractivity contribution in [3.8, 4) is 0 Å². The van der Waals surface area contributed by atoms with Crippen LogP contribution in [0.5, 0.6) is 0 Å². The van der Waals surface area contributed by atoms with Crippen molar-refractivity contribution < 1.29 is 22.8 Å². The lowest BCUT2D eigenvalue weighted by Gasteiger charge is -2.10. The van der Waals surface area contributed by atoms with Crippen LogP contribution in [-0.2, 0) is 20.1 Å². The summed E-state index contributed by atoms with van der Waals surface area (Å²) in [7, 11) is 1.57. The number of rotatable bonds is 6. The molecule has 10 nitrogen and oxygen atoms in total. The van der Waals surface area contributed by atoms with Crippen molar-refractivity contribution in [2.75, 3.05) is 0 Å². The minimum atomic E-state index is -0.802. The van der Waals surface area contributed by atoms with Crippen molar-refractivity contribution in [1.82, 2.24) is 29.8 Å². The first-order valence-electron chi connectivity index (χ1n) is 10.7. The Morgan fingerprint density at radius 1 is 0.972 bits per heavy atom. The maximum absolute atomic E-state index is 14.3. The number of nitrogens with zero attached hydrogens (tertiary/aromatic N) is 4. The number of halogens is 2. The Morgan fingerprint density at radius 3 is 2.44 bits per heavy atom. The summed E-state index contributed by atoms with van der Waals surface area (Å²) in [5, 5.41) is 9.16. The second kappa shape index (κ2) is 9.06. The molecule has 12 heteroatoms. The topological polar surface area (TPSA) is 124 Å². The number of aromatic nitrogens is 4. The number of hydrogen-bond acceptors (Lipinski definition) is 6. The van der Waals surface area contributed by atoms with Crippen molar-refractivity contribution >= 4 is 28.6 Å². The van der Waals surface area contributed by atoms with Gasteiger partial charge in [0, 0.05) is 26.2 Å². The van der Waals surface area contributed by atoms with Gasteiger partial charge in [0.25, 0.3) is 11.8 Å². The highest BCUT2D eigenvalue weighted by Crippen LogP contribution is 2.15. The molecule has 2 N–H and O–H groups in total. The molecule has 0 aliphatic rings. The molecule has 0 saturated carbocycles. The van der Waals surface area contributed by atoms with Gasteiger partial charge in [-0.05, 0) is 35.4 Å². The van der Waals surface area contributed by atoms with E-state index in [0.717, 1.165) is 10.7 Å². The zero-order valence-electron chi connectivity index (χ0n) is 18.8. The number of oxazole rings is 1. The maximum atomic E-state index is 14.3. The molecule has 3 aromatic heterocycles. The third-order valence-electron chi connectivity index (χ3n) is 5.57. The molecule has 3 heterocycles. The molecule has 0 unspecified atom stereocenters. The van der Waals surface area contributed by atoms with E-state index < -0.39 is 29.2 Å². The fraction of sp³-hybridized carbons (Fsp3) is 0.125. The quantitative estimate of drug-likeness (QED) is 0.375. The summed E-state index contributed by atoms with van der Waals surface area (Å²) >= 11 is 0. The summed E-state index contributed by atoms with van der Waals surface area (Å²) in [4.78, 5) is 41.4. The van der Waals surface area contributed by atoms with Gasteiger partial charge in [0.15, 0.2) is 17.0 Å². The minimum absolute atomic E-state index is 0.0766. The van der Waals surface area contributed by atoms with E-state index in [9.17, 15) is 23.2 Å². The number of aryl methyl sites for hydroxylation is 1. The normalized spacial score (nSPS) is 11.2. The van der Waals surface area contributed by atoms with E-state index in [4.69, 9.17) is 4.42 Å². The Bertz CT molecular complexity index is 1690. The van der Waals surface area contributed by atoms with Crippen molar-refractivity contribution in [2.45, 2.75) is 13.1 Å². The number of carbonyl (C=O) groups is 2. The SMILES string of the molecule is Cn1c(=O)oc2ccc(CNC(=O)c3cc(C(=O)NCc4ccc(F)cc4)n4ncc(F)c4n3)cc21. The summed E-state index contributed by atoms with van der Waals surface area (Å²) in [6, 6.07) is 11.8. The van der Waals surface area contributed by atoms with Gasteiger partial charge in [-0.3, -0.25) is 14.2 Å². The van der Waals surface area contributed by atoms with Crippen molar-refractivity contribution in [3.63, 3.8) is 0 Å².